The monoisotopic (exact) mass is 453 g/mol. The van der Waals surface area contributed by atoms with Crippen molar-refractivity contribution in [2.45, 2.75) is 37.5 Å². The molecule has 7 heteroatoms. The summed E-state index contributed by atoms with van der Waals surface area (Å²) in [6.45, 7) is 2.08. The van der Waals surface area contributed by atoms with Crippen LogP contribution in [-0.4, -0.2) is 38.1 Å². The van der Waals surface area contributed by atoms with Gasteiger partial charge in [-0.1, -0.05) is 41.9 Å². The molecule has 32 heavy (non-hydrogen) atoms. The van der Waals surface area contributed by atoms with Crippen LogP contribution in [0.4, 0.5) is 5.69 Å². The predicted octanol–water partition coefficient (Wildman–Crippen LogP) is 4.23. The van der Waals surface area contributed by atoms with Gasteiger partial charge in [0.15, 0.2) is 0 Å². The van der Waals surface area contributed by atoms with Gasteiger partial charge in [0.05, 0.1) is 12.5 Å². The van der Waals surface area contributed by atoms with E-state index in [0.29, 0.717) is 31.3 Å². The Kier molecular flexibility index (Phi) is 8.66. The Labute approximate surface area is 194 Å². The number of benzene rings is 2. The van der Waals surface area contributed by atoms with Gasteiger partial charge in [-0.2, -0.15) is 5.26 Å². The number of anilines is 1. The Balaban J connectivity index is 1.58. The van der Waals surface area contributed by atoms with Gasteiger partial charge in [-0.3, -0.25) is 9.59 Å². The number of hydrogen-bond acceptors (Lipinski definition) is 4. The van der Waals surface area contributed by atoms with Crippen LogP contribution < -0.4 is 10.2 Å². The minimum atomic E-state index is -0.203. The highest BCUT2D eigenvalue weighted by molar-refractivity contribution is 6.30. The number of carbonyl (C=O) groups excluding carboxylic acids is 2. The summed E-state index contributed by atoms with van der Waals surface area (Å²) >= 11 is 6.05. The standard InChI is InChI=1S/C25H28ClN3O3/c26-21-9-7-20(8-10-21)25(13-17-32-18-14-25)19-28-23(30)11-12-24(31)29(16-4-15-27)22-5-2-1-3-6-22/h1-3,5-10H,4,11-14,16-19H2,(H,28,30). The number of nitrogens with one attached hydrogen (secondary N) is 1. The van der Waals surface area contributed by atoms with Gasteiger partial charge in [-0.15, -0.1) is 0 Å². The maximum absolute atomic E-state index is 12.8. The zero-order valence-electron chi connectivity index (χ0n) is 18.1. The third-order valence-electron chi connectivity index (χ3n) is 5.91. The number of para-hydroxylation sites is 1. The van der Waals surface area contributed by atoms with Crippen LogP contribution in [0.2, 0.25) is 5.02 Å². The smallest absolute Gasteiger partial charge is 0.227 e. The van der Waals surface area contributed by atoms with Gasteiger partial charge in [-0.05, 0) is 42.7 Å². The molecule has 0 aliphatic carbocycles. The number of carbonyl (C=O) groups is 2. The Bertz CT molecular complexity index is 935. The molecule has 6 nitrogen and oxygen atoms in total. The van der Waals surface area contributed by atoms with E-state index in [2.05, 4.69) is 11.4 Å². The minimum Gasteiger partial charge on any atom is -0.381 e. The third-order valence-corrected chi connectivity index (χ3v) is 6.16. The lowest BCUT2D eigenvalue weighted by molar-refractivity contribution is -0.125. The number of amides is 2. The highest BCUT2D eigenvalue weighted by atomic mass is 35.5. The molecule has 0 unspecified atom stereocenters. The van der Waals surface area contributed by atoms with E-state index >= 15 is 0 Å². The highest BCUT2D eigenvalue weighted by Gasteiger charge is 2.34. The van der Waals surface area contributed by atoms with Crippen LogP contribution in [0.3, 0.4) is 0 Å². The predicted molar refractivity (Wildman–Crippen MR) is 124 cm³/mol. The van der Waals surface area contributed by atoms with Gasteiger partial charge >= 0.3 is 0 Å². The molecular formula is C25H28ClN3O3. The van der Waals surface area contributed by atoms with Gasteiger partial charge in [0.1, 0.15) is 0 Å². The lowest BCUT2D eigenvalue weighted by Crippen LogP contribution is -2.44. The normalized spacial score (nSPS) is 14.9. The molecule has 0 radical (unpaired) electrons. The summed E-state index contributed by atoms with van der Waals surface area (Å²) in [5, 5.41) is 12.6. The summed E-state index contributed by atoms with van der Waals surface area (Å²) in [5.41, 5.74) is 1.66. The first-order valence-electron chi connectivity index (χ1n) is 10.9. The first kappa shape index (κ1) is 23.8. The first-order chi connectivity index (χ1) is 15.5. The lowest BCUT2D eigenvalue weighted by atomic mass is 9.74. The molecule has 0 saturated carbocycles. The number of nitrogens with zero attached hydrogens (tertiary/aromatic N) is 2. The molecule has 0 spiro atoms. The topological polar surface area (TPSA) is 82.4 Å². The van der Waals surface area contributed by atoms with Crippen molar-refractivity contribution in [3.05, 3.63) is 65.2 Å². The summed E-state index contributed by atoms with van der Waals surface area (Å²) < 4.78 is 5.54. The summed E-state index contributed by atoms with van der Waals surface area (Å²) in [6, 6.07) is 19.1. The van der Waals surface area contributed by atoms with Crippen LogP contribution in [0, 0.1) is 11.3 Å². The number of hydrogen-bond donors (Lipinski definition) is 1. The van der Waals surface area contributed by atoms with Gasteiger partial charge in [0, 0.05) is 55.3 Å². The SMILES string of the molecule is N#CCCN(C(=O)CCC(=O)NCC1(c2ccc(Cl)cc2)CCOCC1)c1ccccc1. The van der Waals surface area contributed by atoms with E-state index in [-0.39, 0.29) is 36.5 Å². The Morgan fingerprint density at radius 2 is 1.75 bits per heavy atom. The van der Waals surface area contributed by atoms with Crippen LogP contribution in [0.1, 0.15) is 37.7 Å². The van der Waals surface area contributed by atoms with E-state index in [9.17, 15) is 9.59 Å². The van der Waals surface area contributed by atoms with E-state index in [1.807, 2.05) is 54.6 Å². The molecule has 0 aromatic heterocycles. The zero-order chi connectivity index (χ0) is 22.8. The van der Waals surface area contributed by atoms with Crippen LogP contribution in [-0.2, 0) is 19.7 Å². The van der Waals surface area contributed by atoms with Crippen LogP contribution in [0.15, 0.2) is 54.6 Å². The van der Waals surface area contributed by atoms with Gasteiger partial charge < -0.3 is 15.0 Å². The van der Waals surface area contributed by atoms with Crippen molar-refractivity contribution in [3.63, 3.8) is 0 Å². The van der Waals surface area contributed by atoms with Crippen molar-refractivity contribution >= 4 is 29.1 Å². The fraction of sp³-hybridized carbons (Fsp3) is 0.400. The molecule has 0 atom stereocenters. The van der Waals surface area contributed by atoms with Gasteiger partial charge in [0.2, 0.25) is 11.8 Å². The summed E-state index contributed by atoms with van der Waals surface area (Å²) in [4.78, 5) is 27.0. The maximum Gasteiger partial charge on any atom is 0.227 e. The van der Waals surface area contributed by atoms with E-state index in [1.54, 1.807) is 4.90 Å². The second kappa shape index (κ2) is 11.7. The van der Waals surface area contributed by atoms with Crippen LogP contribution >= 0.6 is 11.6 Å². The van der Waals surface area contributed by atoms with Crippen molar-refractivity contribution < 1.29 is 14.3 Å². The van der Waals surface area contributed by atoms with E-state index < -0.39 is 0 Å². The Morgan fingerprint density at radius 1 is 1.06 bits per heavy atom. The summed E-state index contributed by atoms with van der Waals surface area (Å²) in [7, 11) is 0. The average molecular weight is 454 g/mol. The second-order valence-electron chi connectivity index (χ2n) is 7.97. The molecule has 2 aromatic carbocycles. The second-order valence-corrected chi connectivity index (χ2v) is 8.40. The first-order valence-corrected chi connectivity index (χ1v) is 11.2. The number of nitriles is 1. The minimum absolute atomic E-state index is 0.0865. The number of halogens is 1. The van der Waals surface area contributed by atoms with Gasteiger partial charge in [0.25, 0.3) is 0 Å². The molecule has 168 valence electrons. The van der Waals surface area contributed by atoms with Crippen molar-refractivity contribution in [3.8, 4) is 6.07 Å². The van der Waals surface area contributed by atoms with E-state index in [4.69, 9.17) is 21.6 Å². The maximum atomic E-state index is 12.8. The van der Waals surface area contributed by atoms with Crippen molar-refractivity contribution in [1.82, 2.24) is 5.32 Å². The van der Waals surface area contributed by atoms with Crippen LogP contribution in [0.25, 0.3) is 0 Å². The largest absolute Gasteiger partial charge is 0.381 e. The van der Waals surface area contributed by atoms with Crippen molar-refractivity contribution in [1.29, 1.82) is 5.26 Å². The lowest BCUT2D eigenvalue weighted by Gasteiger charge is -2.38. The Hall–Kier alpha value is -2.88. The summed E-state index contributed by atoms with van der Waals surface area (Å²) in [6.07, 6.45) is 2.04. The van der Waals surface area contributed by atoms with Crippen molar-refractivity contribution in [2.24, 2.45) is 0 Å². The van der Waals surface area contributed by atoms with Crippen molar-refractivity contribution in [2.75, 3.05) is 31.2 Å². The molecule has 2 aromatic rings. The fourth-order valence-corrected chi connectivity index (χ4v) is 4.14. The molecule has 1 fully saturated rings. The molecular weight excluding hydrogens is 426 g/mol. The molecule has 0 bridgehead atoms. The molecule has 1 aliphatic rings. The Morgan fingerprint density at radius 3 is 2.41 bits per heavy atom. The fourth-order valence-electron chi connectivity index (χ4n) is 4.01. The molecule has 1 saturated heterocycles. The quantitative estimate of drug-likeness (QED) is 0.615. The summed E-state index contributed by atoms with van der Waals surface area (Å²) in [5.74, 6) is -0.327. The van der Waals surface area contributed by atoms with Gasteiger partial charge in [-0.25, -0.2) is 0 Å². The molecule has 1 N–H and O–H groups in total. The highest BCUT2D eigenvalue weighted by Crippen LogP contribution is 2.35. The third kappa shape index (κ3) is 6.32. The zero-order valence-corrected chi connectivity index (χ0v) is 18.8. The molecule has 1 heterocycles. The molecule has 3 rings (SSSR count). The van der Waals surface area contributed by atoms with E-state index in [1.165, 1.54) is 0 Å². The number of ether oxygens (including phenoxy) is 1. The average Bonchev–Trinajstić information content (AvgIpc) is 2.83. The molecule has 2 amide bonds. The molecule has 1 aliphatic heterocycles. The number of rotatable bonds is 9. The van der Waals surface area contributed by atoms with E-state index in [0.717, 1.165) is 24.1 Å². The van der Waals surface area contributed by atoms with Crippen LogP contribution in [0.5, 0.6) is 0 Å².